The van der Waals surface area contributed by atoms with Gasteiger partial charge in [-0.25, -0.2) is 0 Å². The third-order valence-corrected chi connectivity index (χ3v) is 7.36. The fourth-order valence-corrected chi connectivity index (χ4v) is 6.43. The van der Waals surface area contributed by atoms with Gasteiger partial charge in [0.25, 0.3) is 0 Å². The van der Waals surface area contributed by atoms with E-state index in [-0.39, 0.29) is 12.2 Å². The second kappa shape index (κ2) is 5.52. The summed E-state index contributed by atoms with van der Waals surface area (Å²) in [5.74, 6) is 0. The van der Waals surface area contributed by atoms with E-state index in [1.807, 2.05) is 12.1 Å². The third kappa shape index (κ3) is 2.44. The van der Waals surface area contributed by atoms with E-state index in [1.165, 1.54) is 10.4 Å². The molecule has 1 heterocycles. The predicted molar refractivity (Wildman–Crippen MR) is 83.6 cm³/mol. The second-order valence-corrected chi connectivity index (χ2v) is 8.30. The van der Waals surface area contributed by atoms with Crippen LogP contribution in [0, 0.1) is 0 Å². The topological polar surface area (TPSA) is 18.5 Å². The Morgan fingerprint density at radius 3 is 1.55 bits per heavy atom. The minimum Gasteiger partial charge on any atom is -0.385 e. The van der Waals surface area contributed by atoms with Crippen LogP contribution in [0.4, 0.5) is 0 Å². The van der Waals surface area contributed by atoms with Crippen molar-refractivity contribution in [2.45, 2.75) is 32.5 Å². The van der Waals surface area contributed by atoms with Gasteiger partial charge in [-0.05, 0) is 30.6 Å². The van der Waals surface area contributed by atoms with Crippen LogP contribution in [-0.2, 0) is 8.85 Å². The maximum Gasteiger partial charge on any atom is 0.407 e. The Labute approximate surface area is 121 Å². The van der Waals surface area contributed by atoms with E-state index in [4.69, 9.17) is 8.85 Å². The molecule has 2 nitrogen and oxygen atoms in total. The summed E-state index contributed by atoms with van der Waals surface area (Å²) in [5.41, 5.74) is 0. The molecule has 0 saturated carbocycles. The van der Waals surface area contributed by atoms with Crippen molar-refractivity contribution in [2.75, 3.05) is 0 Å². The molecule has 1 aliphatic rings. The third-order valence-electron chi connectivity index (χ3n) is 3.71. The maximum absolute atomic E-state index is 6.43. The van der Waals surface area contributed by atoms with E-state index >= 15 is 0 Å². The van der Waals surface area contributed by atoms with Crippen LogP contribution in [0.2, 0.25) is 0 Å². The van der Waals surface area contributed by atoms with Crippen LogP contribution in [0.15, 0.2) is 60.7 Å². The number of rotatable bonds is 2. The number of benzene rings is 2. The van der Waals surface area contributed by atoms with E-state index in [0.717, 1.165) is 6.42 Å². The Kier molecular flexibility index (Phi) is 3.74. The van der Waals surface area contributed by atoms with Crippen molar-refractivity contribution >= 4 is 18.9 Å². The van der Waals surface area contributed by atoms with Crippen LogP contribution in [0.25, 0.3) is 0 Å². The normalized spacial score (nSPS) is 25.3. The van der Waals surface area contributed by atoms with Crippen molar-refractivity contribution < 1.29 is 8.85 Å². The summed E-state index contributed by atoms with van der Waals surface area (Å²) in [6, 6.07) is 20.8. The zero-order chi connectivity index (χ0) is 14.0. The first-order chi connectivity index (χ1) is 9.71. The maximum atomic E-state index is 6.43. The summed E-state index contributed by atoms with van der Waals surface area (Å²) in [4.78, 5) is 0. The fourth-order valence-electron chi connectivity index (χ4n) is 2.91. The molecule has 1 aliphatic heterocycles. The highest BCUT2D eigenvalue weighted by Crippen LogP contribution is 2.23. The first-order valence-electron chi connectivity index (χ1n) is 7.17. The van der Waals surface area contributed by atoms with Gasteiger partial charge in [-0.3, -0.25) is 0 Å². The van der Waals surface area contributed by atoms with Gasteiger partial charge in [0.15, 0.2) is 0 Å². The molecule has 3 rings (SSSR count). The Morgan fingerprint density at radius 1 is 0.750 bits per heavy atom. The molecule has 0 aliphatic carbocycles. The van der Waals surface area contributed by atoms with Crippen molar-refractivity contribution in [3.05, 3.63) is 60.7 Å². The van der Waals surface area contributed by atoms with Crippen molar-refractivity contribution in [1.82, 2.24) is 0 Å². The average molecular weight is 284 g/mol. The second-order valence-electron chi connectivity index (χ2n) is 5.44. The quantitative estimate of drug-likeness (QED) is 0.789. The van der Waals surface area contributed by atoms with Crippen LogP contribution < -0.4 is 10.4 Å². The van der Waals surface area contributed by atoms with E-state index in [1.54, 1.807) is 0 Å². The molecule has 0 bridgehead atoms. The molecule has 0 amide bonds. The fraction of sp³-hybridized carbons (Fsp3) is 0.294. The van der Waals surface area contributed by atoms with Gasteiger partial charge in [0.2, 0.25) is 0 Å². The summed E-state index contributed by atoms with van der Waals surface area (Å²) in [6.45, 7) is 4.29. The van der Waals surface area contributed by atoms with Crippen LogP contribution in [0.5, 0.6) is 0 Å². The Balaban J connectivity index is 2.13. The molecule has 3 heteroatoms. The van der Waals surface area contributed by atoms with Crippen LogP contribution in [0.1, 0.15) is 20.3 Å². The lowest BCUT2D eigenvalue weighted by molar-refractivity contribution is 0.0291. The van der Waals surface area contributed by atoms with E-state index in [0.29, 0.717) is 0 Å². The minimum absolute atomic E-state index is 0.228. The average Bonchev–Trinajstić information content (AvgIpc) is 2.48. The van der Waals surface area contributed by atoms with Crippen LogP contribution >= 0.6 is 0 Å². The monoisotopic (exact) mass is 284 g/mol. The highest BCUT2D eigenvalue weighted by molar-refractivity contribution is 6.92. The van der Waals surface area contributed by atoms with Crippen molar-refractivity contribution in [3.8, 4) is 0 Å². The van der Waals surface area contributed by atoms with Crippen LogP contribution in [0.3, 0.4) is 0 Å². The molecule has 0 spiro atoms. The molecular weight excluding hydrogens is 264 g/mol. The molecule has 2 aromatic carbocycles. The molecule has 104 valence electrons. The molecule has 20 heavy (non-hydrogen) atoms. The zero-order valence-corrected chi connectivity index (χ0v) is 13.0. The van der Waals surface area contributed by atoms with E-state index in [2.05, 4.69) is 62.4 Å². The number of hydrogen-bond donors (Lipinski definition) is 0. The summed E-state index contributed by atoms with van der Waals surface area (Å²) < 4.78 is 12.9. The molecule has 2 aromatic rings. The molecule has 1 saturated heterocycles. The predicted octanol–water partition coefficient (Wildman–Crippen LogP) is 2.46. The largest absolute Gasteiger partial charge is 0.407 e. The van der Waals surface area contributed by atoms with Gasteiger partial charge in [0, 0.05) is 12.2 Å². The highest BCUT2D eigenvalue weighted by Gasteiger charge is 2.48. The molecule has 0 unspecified atom stereocenters. The Morgan fingerprint density at radius 2 is 1.15 bits per heavy atom. The Hall–Kier alpha value is -1.42. The molecule has 0 radical (unpaired) electrons. The lowest BCUT2D eigenvalue weighted by Gasteiger charge is -2.41. The Bertz CT molecular complexity index is 504. The molecular formula is C17H20O2Si. The summed E-state index contributed by atoms with van der Waals surface area (Å²) in [7, 11) is -2.56. The molecule has 0 N–H and O–H groups in total. The SMILES string of the molecule is C[C@H]1C[C@H](C)O[Si](c2ccccc2)(c2ccccc2)O1. The first kappa shape index (κ1) is 13.6. The van der Waals surface area contributed by atoms with Crippen molar-refractivity contribution in [3.63, 3.8) is 0 Å². The van der Waals surface area contributed by atoms with Gasteiger partial charge in [-0.2, -0.15) is 0 Å². The van der Waals surface area contributed by atoms with E-state index < -0.39 is 8.56 Å². The van der Waals surface area contributed by atoms with Gasteiger partial charge >= 0.3 is 8.56 Å². The van der Waals surface area contributed by atoms with Gasteiger partial charge < -0.3 is 8.85 Å². The lowest BCUT2D eigenvalue weighted by atomic mass is 10.2. The zero-order valence-electron chi connectivity index (χ0n) is 12.0. The van der Waals surface area contributed by atoms with E-state index in [9.17, 15) is 0 Å². The van der Waals surface area contributed by atoms with Crippen molar-refractivity contribution in [1.29, 1.82) is 0 Å². The van der Waals surface area contributed by atoms with Gasteiger partial charge in [0.05, 0.1) is 0 Å². The standard InChI is InChI=1S/C17H20O2Si/c1-14-13-15(2)19-20(18-14,16-9-5-3-6-10-16)17-11-7-4-8-12-17/h3-12,14-15H,13H2,1-2H3/t14-,15-/m0/s1. The van der Waals surface area contributed by atoms with Crippen molar-refractivity contribution in [2.24, 2.45) is 0 Å². The summed E-state index contributed by atoms with van der Waals surface area (Å²) in [6.07, 6.45) is 1.41. The van der Waals surface area contributed by atoms with Gasteiger partial charge in [-0.15, -0.1) is 0 Å². The summed E-state index contributed by atoms with van der Waals surface area (Å²) >= 11 is 0. The smallest absolute Gasteiger partial charge is 0.385 e. The minimum atomic E-state index is -2.56. The highest BCUT2D eigenvalue weighted by atomic mass is 28.4. The van der Waals surface area contributed by atoms with Gasteiger partial charge in [-0.1, -0.05) is 60.7 Å². The summed E-state index contributed by atoms with van der Waals surface area (Å²) in [5, 5.41) is 2.37. The lowest BCUT2D eigenvalue weighted by Crippen LogP contribution is -2.68. The van der Waals surface area contributed by atoms with Crippen LogP contribution in [-0.4, -0.2) is 20.8 Å². The molecule has 1 fully saturated rings. The number of hydrogen-bond acceptors (Lipinski definition) is 2. The molecule has 0 aromatic heterocycles. The van der Waals surface area contributed by atoms with Gasteiger partial charge in [0.1, 0.15) is 0 Å². The first-order valence-corrected chi connectivity index (χ1v) is 8.99. The molecule has 2 atom stereocenters.